The summed E-state index contributed by atoms with van der Waals surface area (Å²) in [5.74, 6) is -0.924. The molecule has 5 nitrogen and oxygen atoms in total. The Hall–Kier alpha value is -2.47. The number of nitrogens with one attached hydrogen (secondary N) is 1. The molecular weight excluding hydrogens is 350 g/mol. The number of carbonyl (C=O) groups excluding carboxylic acids is 2. The molecule has 0 bridgehead atoms. The molecule has 0 fully saturated rings. The third kappa shape index (κ3) is 5.81. The van der Waals surface area contributed by atoms with Crippen molar-refractivity contribution in [2.45, 2.75) is 30.7 Å². The Labute approximate surface area is 156 Å². The van der Waals surface area contributed by atoms with Gasteiger partial charge in [0.1, 0.15) is 0 Å². The summed E-state index contributed by atoms with van der Waals surface area (Å²) in [7, 11) is -1.10. The van der Waals surface area contributed by atoms with E-state index in [4.69, 9.17) is 4.74 Å². The third-order valence-corrected chi connectivity index (χ3v) is 4.81. The highest BCUT2D eigenvalue weighted by Crippen LogP contribution is 2.18. The first kappa shape index (κ1) is 19.8. The Balaban J connectivity index is 1.90. The summed E-state index contributed by atoms with van der Waals surface area (Å²) in [4.78, 5) is 24.8. The van der Waals surface area contributed by atoms with Crippen LogP contribution in [-0.2, 0) is 20.3 Å². The third-order valence-electron chi connectivity index (χ3n) is 3.87. The van der Waals surface area contributed by atoms with E-state index in [2.05, 4.69) is 12.2 Å². The number of benzene rings is 2. The van der Waals surface area contributed by atoms with E-state index in [0.717, 1.165) is 18.4 Å². The molecule has 26 heavy (non-hydrogen) atoms. The van der Waals surface area contributed by atoms with Gasteiger partial charge in [-0.15, -0.1) is 0 Å². The Kier molecular flexibility index (Phi) is 7.53. The molecule has 1 amide bonds. The molecule has 138 valence electrons. The highest BCUT2D eigenvalue weighted by Gasteiger charge is 2.15. The van der Waals surface area contributed by atoms with Gasteiger partial charge >= 0.3 is 5.97 Å². The molecule has 2 aromatic carbocycles. The van der Waals surface area contributed by atoms with Crippen LogP contribution in [0.15, 0.2) is 59.5 Å². The van der Waals surface area contributed by atoms with Crippen LogP contribution in [0.1, 0.15) is 41.7 Å². The van der Waals surface area contributed by atoms with Crippen molar-refractivity contribution < 1.29 is 18.5 Å². The van der Waals surface area contributed by atoms with Gasteiger partial charge in [-0.1, -0.05) is 43.7 Å². The van der Waals surface area contributed by atoms with Crippen LogP contribution in [0.2, 0.25) is 0 Å². The minimum atomic E-state index is -1.10. The van der Waals surface area contributed by atoms with Crippen molar-refractivity contribution in [3.05, 3.63) is 65.7 Å². The van der Waals surface area contributed by atoms with Crippen molar-refractivity contribution >= 4 is 22.7 Å². The summed E-state index contributed by atoms with van der Waals surface area (Å²) in [5, 5.41) is 2.91. The van der Waals surface area contributed by atoms with Crippen LogP contribution in [-0.4, -0.2) is 28.9 Å². The minimum Gasteiger partial charge on any atom is -0.452 e. The summed E-state index contributed by atoms with van der Waals surface area (Å²) in [5.41, 5.74) is 1.34. The van der Waals surface area contributed by atoms with Crippen LogP contribution in [0.3, 0.4) is 0 Å². The molecule has 6 heteroatoms. The van der Waals surface area contributed by atoms with Gasteiger partial charge in [0.05, 0.1) is 11.6 Å². The summed E-state index contributed by atoms with van der Waals surface area (Å²) >= 11 is 0. The Morgan fingerprint density at radius 1 is 1.08 bits per heavy atom. The maximum atomic E-state index is 12.2. The lowest BCUT2D eigenvalue weighted by molar-refractivity contribution is -0.125. The molecule has 0 heterocycles. The zero-order valence-corrected chi connectivity index (χ0v) is 15.8. The minimum absolute atomic E-state index is 0.105. The van der Waals surface area contributed by atoms with Gasteiger partial charge in [0.25, 0.3) is 5.91 Å². The summed E-state index contributed by atoms with van der Waals surface area (Å²) in [6.07, 6.45) is 3.29. The number of amides is 1. The van der Waals surface area contributed by atoms with E-state index in [-0.39, 0.29) is 18.6 Å². The molecule has 0 aliphatic rings. The number of carbonyl (C=O) groups is 2. The fraction of sp³-hybridized carbons (Fsp3) is 0.300. The molecule has 2 atom stereocenters. The van der Waals surface area contributed by atoms with Crippen molar-refractivity contribution in [2.24, 2.45) is 0 Å². The van der Waals surface area contributed by atoms with E-state index in [9.17, 15) is 13.8 Å². The van der Waals surface area contributed by atoms with Gasteiger partial charge in [0, 0.05) is 22.0 Å². The molecule has 0 saturated heterocycles. The van der Waals surface area contributed by atoms with Crippen molar-refractivity contribution in [3.8, 4) is 0 Å². The van der Waals surface area contributed by atoms with Crippen molar-refractivity contribution in [1.29, 1.82) is 0 Å². The second-order valence-electron chi connectivity index (χ2n) is 5.87. The van der Waals surface area contributed by atoms with Crippen molar-refractivity contribution in [2.75, 3.05) is 12.9 Å². The van der Waals surface area contributed by atoms with Gasteiger partial charge in [-0.2, -0.15) is 0 Å². The highest BCUT2D eigenvalue weighted by molar-refractivity contribution is 7.84. The van der Waals surface area contributed by atoms with Crippen LogP contribution < -0.4 is 5.32 Å². The molecule has 0 saturated carbocycles. The van der Waals surface area contributed by atoms with Crippen molar-refractivity contribution in [3.63, 3.8) is 0 Å². The quantitative estimate of drug-likeness (QED) is 0.721. The fourth-order valence-corrected chi connectivity index (χ4v) is 3.05. The van der Waals surface area contributed by atoms with Gasteiger partial charge < -0.3 is 10.1 Å². The standard InChI is InChI=1S/C20H23NO4S/c1-3-7-18(15-8-5-4-6-9-15)21-19(22)14-25-20(23)16-10-12-17(13-11-16)26(2)24/h4-6,8-13,18H,3,7,14H2,1-2H3,(H,21,22). The Morgan fingerprint density at radius 3 is 2.31 bits per heavy atom. The predicted octanol–water partition coefficient (Wildman–Crippen LogP) is 3.24. The van der Waals surface area contributed by atoms with Crippen LogP contribution in [0.4, 0.5) is 0 Å². The van der Waals surface area contributed by atoms with Gasteiger partial charge in [-0.25, -0.2) is 4.79 Å². The topological polar surface area (TPSA) is 72.5 Å². The summed E-state index contributed by atoms with van der Waals surface area (Å²) < 4.78 is 16.4. The average Bonchev–Trinajstić information content (AvgIpc) is 2.66. The van der Waals surface area contributed by atoms with Crippen LogP contribution in [0, 0.1) is 0 Å². The van der Waals surface area contributed by atoms with E-state index in [1.165, 1.54) is 0 Å². The Bertz CT molecular complexity index is 759. The normalized spacial score (nSPS) is 12.8. The van der Waals surface area contributed by atoms with E-state index in [1.807, 2.05) is 30.3 Å². The predicted molar refractivity (Wildman–Crippen MR) is 101 cm³/mol. The zero-order valence-electron chi connectivity index (χ0n) is 14.9. The summed E-state index contributed by atoms with van der Waals surface area (Å²) in [6, 6.07) is 15.9. The van der Waals surface area contributed by atoms with Crippen LogP contribution in [0.25, 0.3) is 0 Å². The molecule has 1 N–H and O–H groups in total. The fourth-order valence-electron chi connectivity index (χ4n) is 2.53. The molecule has 0 aliphatic carbocycles. The van der Waals surface area contributed by atoms with Gasteiger partial charge in [0.15, 0.2) is 6.61 Å². The first-order chi connectivity index (χ1) is 12.5. The van der Waals surface area contributed by atoms with Crippen LogP contribution >= 0.6 is 0 Å². The van der Waals surface area contributed by atoms with E-state index < -0.39 is 16.8 Å². The largest absolute Gasteiger partial charge is 0.452 e. The van der Waals surface area contributed by atoms with E-state index >= 15 is 0 Å². The van der Waals surface area contributed by atoms with E-state index in [1.54, 1.807) is 30.5 Å². The number of ether oxygens (including phenoxy) is 1. The lowest BCUT2D eigenvalue weighted by atomic mass is 10.0. The highest BCUT2D eigenvalue weighted by atomic mass is 32.2. The average molecular weight is 373 g/mol. The summed E-state index contributed by atoms with van der Waals surface area (Å²) in [6.45, 7) is 1.71. The first-order valence-corrected chi connectivity index (χ1v) is 10.0. The maximum Gasteiger partial charge on any atom is 0.338 e. The number of esters is 1. The Morgan fingerprint density at radius 2 is 1.73 bits per heavy atom. The molecule has 0 radical (unpaired) electrons. The monoisotopic (exact) mass is 373 g/mol. The van der Waals surface area contributed by atoms with Crippen molar-refractivity contribution in [1.82, 2.24) is 5.32 Å². The maximum absolute atomic E-state index is 12.2. The van der Waals surface area contributed by atoms with Gasteiger partial charge in [-0.3, -0.25) is 9.00 Å². The number of rotatable bonds is 8. The lowest BCUT2D eigenvalue weighted by Gasteiger charge is -2.18. The molecule has 0 spiro atoms. The molecule has 0 aromatic heterocycles. The zero-order chi connectivity index (χ0) is 18.9. The van der Waals surface area contributed by atoms with E-state index in [0.29, 0.717) is 10.5 Å². The first-order valence-electron chi connectivity index (χ1n) is 8.46. The SMILES string of the molecule is CCCC(NC(=O)COC(=O)c1ccc(S(C)=O)cc1)c1ccccc1. The smallest absolute Gasteiger partial charge is 0.338 e. The molecule has 2 rings (SSSR count). The lowest BCUT2D eigenvalue weighted by Crippen LogP contribution is -2.32. The second kappa shape index (κ2) is 9.87. The number of hydrogen-bond acceptors (Lipinski definition) is 4. The molecule has 0 aliphatic heterocycles. The molecule has 2 aromatic rings. The second-order valence-corrected chi connectivity index (χ2v) is 7.25. The van der Waals surface area contributed by atoms with Gasteiger partial charge in [0.2, 0.25) is 0 Å². The molecular formula is C20H23NO4S. The van der Waals surface area contributed by atoms with Crippen LogP contribution in [0.5, 0.6) is 0 Å². The molecule has 2 unspecified atom stereocenters. The van der Waals surface area contributed by atoms with Gasteiger partial charge in [-0.05, 0) is 36.2 Å². The number of hydrogen-bond donors (Lipinski definition) is 1.